The van der Waals surface area contributed by atoms with Crippen molar-refractivity contribution in [2.75, 3.05) is 11.4 Å². The van der Waals surface area contributed by atoms with Gasteiger partial charge in [0.2, 0.25) is 11.0 Å². The van der Waals surface area contributed by atoms with Crippen LogP contribution in [0.4, 0.5) is 5.13 Å². The highest BCUT2D eigenvalue weighted by molar-refractivity contribution is 7.09. The van der Waals surface area contributed by atoms with Crippen molar-refractivity contribution < 1.29 is 9.21 Å². The van der Waals surface area contributed by atoms with Crippen molar-refractivity contribution in [1.82, 2.24) is 14.7 Å². The van der Waals surface area contributed by atoms with Gasteiger partial charge in [-0.05, 0) is 37.5 Å². The van der Waals surface area contributed by atoms with Gasteiger partial charge in [0, 0.05) is 37.0 Å². The lowest BCUT2D eigenvalue weighted by atomic mass is 10.1. The number of hydrogen-bond acceptors (Lipinski definition) is 6. The number of benzene rings is 1. The third-order valence-electron chi connectivity index (χ3n) is 5.13. The Kier molecular flexibility index (Phi) is 7.63. The maximum Gasteiger partial charge on any atom is 0.221 e. The molecule has 0 aliphatic rings. The number of rotatable bonds is 10. The number of hydrogen-bond donors (Lipinski definition) is 1. The van der Waals surface area contributed by atoms with E-state index in [9.17, 15) is 4.79 Å². The van der Waals surface area contributed by atoms with Crippen molar-refractivity contribution in [1.29, 1.82) is 0 Å². The number of carbonyl (C=O) groups excluding carboxylic acids is 1. The molecule has 30 heavy (non-hydrogen) atoms. The summed E-state index contributed by atoms with van der Waals surface area (Å²) in [4.78, 5) is 19.2. The van der Waals surface area contributed by atoms with Gasteiger partial charge >= 0.3 is 0 Å². The zero-order valence-corrected chi connectivity index (χ0v) is 18.9. The molecule has 0 spiro atoms. The second-order valence-corrected chi connectivity index (χ2v) is 8.74. The van der Waals surface area contributed by atoms with E-state index in [0.717, 1.165) is 16.7 Å². The molecule has 3 rings (SSSR count). The van der Waals surface area contributed by atoms with Gasteiger partial charge in [-0.15, -0.1) is 0 Å². The highest BCUT2D eigenvalue weighted by Gasteiger charge is 2.17. The van der Waals surface area contributed by atoms with Crippen LogP contribution < -0.4 is 10.2 Å². The first-order chi connectivity index (χ1) is 14.4. The number of nitrogens with one attached hydrogen (secondary N) is 1. The average Bonchev–Trinajstić information content (AvgIpc) is 3.39. The number of aryl methyl sites for hydroxylation is 1. The molecule has 2 aromatic heterocycles. The third-order valence-corrected chi connectivity index (χ3v) is 5.95. The van der Waals surface area contributed by atoms with E-state index in [2.05, 4.69) is 59.6 Å². The Morgan fingerprint density at radius 2 is 1.97 bits per heavy atom. The van der Waals surface area contributed by atoms with Gasteiger partial charge < -0.3 is 14.6 Å². The van der Waals surface area contributed by atoms with Crippen molar-refractivity contribution in [2.45, 2.75) is 53.1 Å². The van der Waals surface area contributed by atoms with E-state index in [4.69, 9.17) is 9.40 Å². The molecule has 0 bridgehead atoms. The molecule has 1 amide bonds. The van der Waals surface area contributed by atoms with Gasteiger partial charge in [0.1, 0.15) is 11.6 Å². The molecular formula is C23H30N4O2S. The van der Waals surface area contributed by atoms with Crippen LogP contribution in [0.3, 0.4) is 0 Å². The molecule has 1 N–H and O–H groups in total. The van der Waals surface area contributed by atoms with E-state index in [1.54, 1.807) is 6.26 Å². The summed E-state index contributed by atoms with van der Waals surface area (Å²) in [6, 6.07) is 12.4. The van der Waals surface area contributed by atoms with Crippen molar-refractivity contribution in [3.05, 3.63) is 65.4 Å². The average molecular weight is 427 g/mol. The number of furan rings is 1. The van der Waals surface area contributed by atoms with Crippen molar-refractivity contribution >= 4 is 22.6 Å². The molecule has 0 unspecified atom stereocenters. The van der Waals surface area contributed by atoms with Crippen LogP contribution >= 0.6 is 11.5 Å². The minimum Gasteiger partial charge on any atom is -0.467 e. The quantitative estimate of drug-likeness (QED) is 0.513. The van der Waals surface area contributed by atoms with Gasteiger partial charge in [0.05, 0.1) is 12.8 Å². The summed E-state index contributed by atoms with van der Waals surface area (Å²) in [5.41, 5.74) is 2.42. The topological polar surface area (TPSA) is 71.3 Å². The minimum absolute atomic E-state index is 0.0463. The molecule has 160 valence electrons. The number of aromatic nitrogens is 2. The fourth-order valence-electron chi connectivity index (χ4n) is 2.90. The molecule has 7 heteroatoms. The molecule has 2 heterocycles. The zero-order valence-electron chi connectivity index (χ0n) is 18.1. The molecule has 1 aromatic carbocycles. The molecule has 3 aromatic rings. The SMILES string of the molecule is Cc1ccc(Cc2nsc(N(CCC(=O)N[C@H](C)C(C)C)Cc3ccco3)n2)cc1. The lowest BCUT2D eigenvalue weighted by Gasteiger charge is -2.22. The van der Waals surface area contributed by atoms with E-state index in [-0.39, 0.29) is 11.9 Å². The van der Waals surface area contributed by atoms with E-state index in [1.807, 2.05) is 19.1 Å². The summed E-state index contributed by atoms with van der Waals surface area (Å²) in [5.74, 6) is 2.08. The summed E-state index contributed by atoms with van der Waals surface area (Å²) >= 11 is 1.36. The van der Waals surface area contributed by atoms with E-state index in [0.29, 0.717) is 31.8 Å². The predicted molar refractivity (Wildman–Crippen MR) is 121 cm³/mol. The van der Waals surface area contributed by atoms with Crippen LogP contribution in [-0.2, 0) is 17.8 Å². The Hall–Kier alpha value is -2.67. The van der Waals surface area contributed by atoms with Crippen molar-refractivity contribution in [3.8, 4) is 0 Å². The van der Waals surface area contributed by atoms with E-state index >= 15 is 0 Å². The second kappa shape index (κ2) is 10.4. The first-order valence-corrected chi connectivity index (χ1v) is 11.1. The van der Waals surface area contributed by atoms with Gasteiger partial charge in [0.15, 0.2) is 0 Å². The van der Waals surface area contributed by atoms with Gasteiger partial charge in [-0.3, -0.25) is 4.79 Å². The monoisotopic (exact) mass is 426 g/mol. The second-order valence-electron chi connectivity index (χ2n) is 8.01. The number of carbonyl (C=O) groups is 1. The van der Waals surface area contributed by atoms with Crippen LogP contribution in [-0.4, -0.2) is 27.9 Å². The lowest BCUT2D eigenvalue weighted by molar-refractivity contribution is -0.121. The molecule has 0 aliphatic carbocycles. The maximum atomic E-state index is 12.4. The Labute approximate surface area is 182 Å². The van der Waals surface area contributed by atoms with Gasteiger partial charge in [-0.2, -0.15) is 4.37 Å². The van der Waals surface area contributed by atoms with E-state index in [1.165, 1.54) is 22.7 Å². The Bertz CT molecular complexity index is 919. The lowest BCUT2D eigenvalue weighted by Crippen LogP contribution is -2.38. The molecule has 0 radical (unpaired) electrons. The van der Waals surface area contributed by atoms with Crippen LogP contribution in [0.15, 0.2) is 47.1 Å². The molecule has 0 aliphatic heterocycles. The summed E-state index contributed by atoms with van der Waals surface area (Å²) in [5, 5.41) is 3.87. The molecule has 0 fully saturated rings. The minimum atomic E-state index is 0.0463. The molecule has 0 saturated heterocycles. The standard InChI is InChI=1S/C23H30N4O2S/c1-16(2)18(4)24-22(28)11-12-27(15-20-6-5-13-29-20)23-25-21(26-30-23)14-19-9-7-17(3)8-10-19/h5-10,13,16,18H,11-12,14-15H2,1-4H3,(H,24,28)/t18-/m1/s1. The van der Waals surface area contributed by atoms with Crippen LogP contribution in [0.1, 0.15) is 49.9 Å². The number of anilines is 1. The van der Waals surface area contributed by atoms with Crippen LogP contribution in [0.2, 0.25) is 0 Å². The van der Waals surface area contributed by atoms with Gasteiger partial charge in [0.25, 0.3) is 0 Å². The summed E-state index contributed by atoms with van der Waals surface area (Å²) in [7, 11) is 0. The third kappa shape index (κ3) is 6.42. The smallest absolute Gasteiger partial charge is 0.221 e. The molecule has 0 saturated carbocycles. The van der Waals surface area contributed by atoms with Crippen LogP contribution in [0, 0.1) is 12.8 Å². The highest BCUT2D eigenvalue weighted by Crippen LogP contribution is 2.22. The van der Waals surface area contributed by atoms with Crippen molar-refractivity contribution in [3.63, 3.8) is 0 Å². The number of nitrogens with zero attached hydrogens (tertiary/aromatic N) is 3. The van der Waals surface area contributed by atoms with Crippen molar-refractivity contribution in [2.24, 2.45) is 5.92 Å². The Morgan fingerprint density at radius 1 is 1.20 bits per heavy atom. The molecule has 1 atom stereocenters. The largest absolute Gasteiger partial charge is 0.467 e. The summed E-state index contributed by atoms with van der Waals surface area (Å²) in [6.07, 6.45) is 2.75. The first kappa shape index (κ1) is 22.0. The summed E-state index contributed by atoms with van der Waals surface area (Å²) in [6.45, 7) is 9.42. The first-order valence-electron chi connectivity index (χ1n) is 10.4. The Balaban J connectivity index is 1.67. The molecule has 6 nitrogen and oxygen atoms in total. The summed E-state index contributed by atoms with van der Waals surface area (Å²) < 4.78 is 10.1. The molecular weight excluding hydrogens is 396 g/mol. The predicted octanol–water partition coefficient (Wildman–Crippen LogP) is 4.59. The zero-order chi connectivity index (χ0) is 21.5. The van der Waals surface area contributed by atoms with Crippen LogP contribution in [0.25, 0.3) is 0 Å². The fourth-order valence-corrected chi connectivity index (χ4v) is 3.61. The number of amides is 1. The maximum absolute atomic E-state index is 12.4. The van der Waals surface area contributed by atoms with Crippen LogP contribution in [0.5, 0.6) is 0 Å². The van der Waals surface area contributed by atoms with E-state index < -0.39 is 0 Å². The Morgan fingerprint density at radius 3 is 2.63 bits per heavy atom. The normalized spacial score (nSPS) is 12.2. The van der Waals surface area contributed by atoms with Gasteiger partial charge in [-0.1, -0.05) is 43.7 Å². The highest BCUT2D eigenvalue weighted by atomic mass is 32.1. The fraction of sp³-hybridized carbons (Fsp3) is 0.435. The van der Waals surface area contributed by atoms with Gasteiger partial charge in [-0.25, -0.2) is 4.98 Å².